The van der Waals surface area contributed by atoms with Crippen LogP contribution >= 0.6 is 0 Å². The van der Waals surface area contributed by atoms with Crippen LogP contribution in [0.2, 0.25) is 0 Å². The van der Waals surface area contributed by atoms with E-state index in [-0.39, 0.29) is 24.9 Å². The van der Waals surface area contributed by atoms with E-state index >= 15 is 0 Å². The molecule has 408 valence electrons. The lowest BCUT2D eigenvalue weighted by Gasteiger charge is -2.40. The zero-order chi connectivity index (χ0) is 51.0. The number of hydrogen-bond donors (Lipinski definition) is 6. The van der Waals surface area contributed by atoms with Crippen molar-refractivity contribution in [3.05, 3.63) is 48.6 Å². The molecule has 11 nitrogen and oxygen atoms in total. The second-order valence-electron chi connectivity index (χ2n) is 20.0. The molecule has 0 bridgehead atoms. The Labute approximate surface area is 427 Å². The molecule has 1 rings (SSSR count). The molecule has 0 saturated carbocycles. The summed E-state index contributed by atoms with van der Waals surface area (Å²) < 4.78 is 16.6. The van der Waals surface area contributed by atoms with Crippen molar-refractivity contribution in [3.8, 4) is 0 Å². The number of unbranched alkanes of at least 4 members (excludes halogenated alkanes) is 29. The number of aliphatic hydroxyl groups excluding tert-OH is 5. The van der Waals surface area contributed by atoms with Gasteiger partial charge in [0.05, 0.1) is 32.0 Å². The lowest BCUT2D eigenvalue weighted by molar-refractivity contribution is -0.302. The summed E-state index contributed by atoms with van der Waals surface area (Å²) in [6, 6.07) is -0.871. The predicted octanol–water partition coefficient (Wildman–Crippen LogP) is 12.9. The van der Waals surface area contributed by atoms with E-state index in [0.29, 0.717) is 19.4 Å². The maximum Gasteiger partial charge on any atom is 0.305 e. The molecule has 6 N–H and O–H groups in total. The lowest BCUT2D eigenvalue weighted by Crippen LogP contribution is -2.60. The van der Waals surface area contributed by atoms with Gasteiger partial charge < -0.3 is 45.1 Å². The first-order chi connectivity index (χ1) is 34.2. The zero-order valence-electron chi connectivity index (χ0n) is 44.7. The summed E-state index contributed by atoms with van der Waals surface area (Å²) in [7, 11) is 0. The molecule has 1 aliphatic heterocycles. The Morgan fingerprint density at radius 1 is 0.529 bits per heavy atom. The zero-order valence-corrected chi connectivity index (χ0v) is 44.7. The fourth-order valence-electron chi connectivity index (χ4n) is 8.79. The molecule has 0 aromatic rings. The monoisotopic (exact) mass is 990 g/mol. The van der Waals surface area contributed by atoms with Crippen molar-refractivity contribution < 1.29 is 49.3 Å². The molecule has 1 saturated heterocycles. The molecule has 7 unspecified atom stereocenters. The van der Waals surface area contributed by atoms with E-state index in [1.165, 1.54) is 148 Å². The molecule has 11 heteroatoms. The van der Waals surface area contributed by atoms with E-state index in [1.54, 1.807) is 6.08 Å². The number of carbonyl (C=O) groups excluding carboxylic acids is 2. The second kappa shape index (κ2) is 48.9. The molecule has 1 fully saturated rings. The summed E-state index contributed by atoms with van der Waals surface area (Å²) in [4.78, 5) is 25.1. The number of nitrogens with one attached hydrogen (secondary N) is 1. The molecule has 1 heterocycles. The maximum atomic E-state index is 12.9. The van der Waals surface area contributed by atoms with Crippen LogP contribution in [0.1, 0.15) is 251 Å². The molecular formula is C59H107NO10. The Bertz CT molecular complexity index is 1300. The Morgan fingerprint density at radius 2 is 0.986 bits per heavy atom. The van der Waals surface area contributed by atoms with Gasteiger partial charge in [-0.3, -0.25) is 9.59 Å². The minimum absolute atomic E-state index is 0.0364. The second-order valence-corrected chi connectivity index (χ2v) is 20.0. The molecule has 0 spiro atoms. The Balaban J connectivity index is 2.11. The third kappa shape index (κ3) is 38.3. The average Bonchev–Trinajstić information content (AvgIpc) is 3.36. The van der Waals surface area contributed by atoms with Gasteiger partial charge >= 0.3 is 5.97 Å². The van der Waals surface area contributed by atoms with Crippen LogP contribution < -0.4 is 5.32 Å². The molecule has 0 aromatic carbocycles. The topological polar surface area (TPSA) is 175 Å². The number of rotatable bonds is 49. The average molecular weight is 991 g/mol. The van der Waals surface area contributed by atoms with Gasteiger partial charge in [-0.05, 0) is 64.2 Å². The molecular weight excluding hydrogens is 883 g/mol. The number of carbonyl (C=O) groups is 2. The fourth-order valence-corrected chi connectivity index (χ4v) is 8.79. The number of aliphatic hydroxyl groups is 5. The van der Waals surface area contributed by atoms with Crippen LogP contribution in [-0.2, 0) is 23.8 Å². The van der Waals surface area contributed by atoms with Crippen molar-refractivity contribution in [2.24, 2.45) is 0 Å². The van der Waals surface area contributed by atoms with Gasteiger partial charge in [0.25, 0.3) is 0 Å². The van der Waals surface area contributed by atoms with Gasteiger partial charge in [0.15, 0.2) is 6.29 Å². The highest BCUT2D eigenvalue weighted by molar-refractivity contribution is 5.76. The number of esters is 1. The van der Waals surface area contributed by atoms with Crippen molar-refractivity contribution in [1.82, 2.24) is 5.32 Å². The normalized spacial score (nSPS) is 19.6. The van der Waals surface area contributed by atoms with E-state index in [0.717, 1.165) is 70.6 Å². The fraction of sp³-hybridized carbons (Fsp3) is 0.831. The molecule has 1 aliphatic rings. The molecule has 0 aliphatic carbocycles. The Hall–Kier alpha value is -2.38. The SMILES string of the molecule is CCCCCC/C=C/CC/C=C/C(O)C(COC1OC(CO)C(O)C(O)C1O)NC(=O)CC/C=C\C/C=C\CCCCCCCCOC(=O)CCCCCCCCCCCCCCCCCCCCC. The largest absolute Gasteiger partial charge is 0.466 e. The molecule has 0 radical (unpaired) electrons. The van der Waals surface area contributed by atoms with E-state index in [4.69, 9.17) is 14.2 Å². The van der Waals surface area contributed by atoms with Crippen LogP contribution in [0.25, 0.3) is 0 Å². The standard InChI is InChI=1S/C59H107NO10/c1-3-5-7-9-11-13-15-16-17-18-19-20-21-24-27-31-35-39-43-47-55(64)68-48-44-40-36-32-28-25-22-23-26-30-34-38-42-46-54(63)60-51(50-69-59-58(67)57(66)56(65)53(49-61)70-59)52(62)45-41-37-33-29-14-12-10-8-6-4-2/h14,23,26,29,34,38,41,45,51-53,56-59,61-62,65-67H,3-13,15-22,24-25,27-28,30-33,35-37,39-40,42-44,46-50H2,1-2H3,(H,60,63)/b26-23-,29-14+,38-34-,45-41+. The Morgan fingerprint density at radius 3 is 1.54 bits per heavy atom. The number of hydrogen-bond acceptors (Lipinski definition) is 10. The van der Waals surface area contributed by atoms with Crippen molar-refractivity contribution in [3.63, 3.8) is 0 Å². The summed E-state index contributed by atoms with van der Waals surface area (Å²) in [5.41, 5.74) is 0. The molecule has 0 aromatic heterocycles. The van der Waals surface area contributed by atoms with Crippen molar-refractivity contribution in [1.29, 1.82) is 0 Å². The van der Waals surface area contributed by atoms with Crippen LogP contribution in [0, 0.1) is 0 Å². The first-order valence-electron chi connectivity index (χ1n) is 28.9. The van der Waals surface area contributed by atoms with Gasteiger partial charge in [0.2, 0.25) is 5.91 Å². The maximum absolute atomic E-state index is 12.9. The van der Waals surface area contributed by atoms with Crippen molar-refractivity contribution >= 4 is 11.9 Å². The van der Waals surface area contributed by atoms with Gasteiger partial charge in [-0.25, -0.2) is 0 Å². The van der Waals surface area contributed by atoms with Gasteiger partial charge in [-0.1, -0.05) is 223 Å². The van der Waals surface area contributed by atoms with E-state index < -0.39 is 49.5 Å². The quantitative estimate of drug-likeness (QED) is 0.0196. The molecule has 7 atom stereocenters. The summed E-state index contributed by atoms with van der Waals surface area (Å²) in [6.45, 7) is 4.20. The summed E-state index contributed by atoms with van der Waals surface area (Å²) in [5.74, 6) is -0.311. The summed E-state index contributed by atoms with van der Waals surface area (Å²) in [6.07, 6.45) is 50.9. The third-order valence-corrected chi connectivity index (χ3v) is 13.4. The van der Waals surface area contributed by atoms with Crippen molar-refractivity contribution in [2.45, 2.75) is 294 Å². The number of ether oxygens (including phenoxy) is 3. The summed E-state index contributed by atoms with van der Waals surface area (Å²) >= 11 is 0. The van der Waals surface area contributed by atoms with Gasteiger partial charge in [0, 0.05) is 12.8 Å². The van der Waals surface area contributed by atoms with Crippen LogP contribution in [0.5, 0.6) is 0 Å². The van der Waals surface area contributed by atoms with E-state index in [1.807, 2.05) is 18.2 Å². The molecule has 1 amide bonds. The van der Waals surface area contributed by atoms with Crippen molar-refractivity contribution in [2.75, 3.05) is 19.8 Å². The highest BCUT2D eigenvalue weighted by Gasteiger charge is 2.44. The minimum Gasteiger partial charge on any atom is -0.466 e. The van der Waals surface area contributed by atoms with E-state index in [2.05, 4.69) is 43.5 Å². The first-order valence-corrected chi connectivity index (χ1v) is 28.9. The predicted molar refractivity (Wildman–Crippen MR) is 287 cm³/mol. The van der Waals surface area contributed by atoms with Crippen LogP contribution in [0.3, 0.4) is 0 Å². The van der Waals surface area contributed by atoms with E-state index in [9.17, 15) is 35.1 Å². The van der Waals surface area contributed by atoms with Gasteiger partial charge in [-0.15, -0.1) is 0 Å². The van der Waals surface area contributed by atoms with Crippen LogP contribution in [0.4, 0.5) is 0 Å². The highest BCUT2D eigenvalue weighted by Crippen LogP contribution is 2.23. The summed E-state index contributed by atoms with van der Waals surface area (Å²) in [5, 5.41) is 54.1. The number of allylic oxidation sites excluding steroid dienone is 7. The highest BCUT2D eigenvalue weighted by atomic mass is 16.7. The Kier molecular flexibility index (Phi) is 45.8. The smallest absolute Gasteiger partial charge is 0.305 e. The first kappa shape index (κ1) is 65.6. The number of amides is 1. The van der Waals surface area contributed by atoms with Crippen LogP contribution in [-0.4, -0.2) is 100 Å². The third-order valence-electron chi connectivity index (χ3n) is 13.4. The molecule has 70 heavy (non-hydrogen) atoms. The van der Waals surface area contributed by atoms with Gasteiger partial charge in [0.1, 0.15) is 24.4 Å². The lowest BCUT2D eigenvalue weighted by atomic mass is 9.99. The van der Waals surface area contributed by atoms with Gasteiger partial charge in [-0.2, -0.15) is 0 Å². The minimum atomic E-state index is -1.59. The van der Waals surface area contributed by atoms with Crippen LogP contribution in [0.15, 0.2) is 48.6 Å².